The van der Waals surface area contributed by atoms with Crippen molar-refractivity contribution in [3.8, 4) is 12.3 Å². The molecule has 1 N–H and O–H groups in total. The van der Waals surface area contributed by atoms with Gasteiger partial charge in [0.2, 0.25) is 0 Å². The summed E-state index contributed by atoms with van der Waals surface area (Å²) in [6.45, 7) is 2.03. The topological polar surface area (TPSA) is 24.9 Å². The highest BCUT2D eigenvalue weighted by molar-refractivity contribution is 6.42. The number of pyridine rings is 1. The van der Waals surface area contributed by atoms with Crippen LogP contribution < -0.4 is 5.32 Å². The first-order chi connectivity index (χ1) is 7.58. The van der Waals surface area contributed by atoms with Gasteiger partial charge in [0.25, 0.3) is 0 Å². The number of anilines is 1. The van der Waals surface area contributed by atoms with Crippen molar-refractivity contribution in [3.63, 3.8) is 0 Å². The Labute approximate surface area is 110 Å². The van der Waals surface area contributed by atoms with Gasteiger partial charge < -0.3 is 5.32 Å². The van der Waals surface area contributed by atoms with Gasteiger partial charge in [-0.3, -0.25) is 0 Å². The number of halogens is 3. The predicted octanol–water partition coefficient (Wildman–Crippen LogP) is 4.26. The van der Waals surface area contributed by atoms with E-state index in [2.05, 4.69) is 16.2 Å². The number of rotatable bonds is 4. The van der Waals surface area contributed by atoms with Gasteiger partial charge in [-0.25, -0.2) is 4.98 Å². The predicted molar refractivity (Wildman–Crippen MR) is 70.4 cm³/mol. The molecule has 1 heterocycles. The van der Waals surface area contributed by atoms with E-state index >= 15 is 0 Å². The van der Waals surface area contributed by atoms with Crippen molar-refractivity contribution in [2.75, 3.05) is 5.32 Å². The Morgan fingerprint density at radius 2 is 2.12 bits per heavy atom. The van der Waals surface area contributed by atoms with E-state index in [0.717, 1.165) is 6.42 Å². The zero-order chi connectivity index (χ0) is 12.1. The smallest absolute Gasteiger partial charge is 0.150 e. The molecule has 0 aliphatic rings. The van der Waals surface area contributed by atoms with Gasteiger partial charge in [0.05, 0.1) is 10.0 Å². The molecule has 1 unspecified atom stereocenters. The van der Waals surface area contributed by atoms with Crippen molar-refractivity contribution in [2.24, 2.45) is 0 Å². The molecule has 1 rings (SSSR count). The second kappa shape index (κ2) is 6.20. The molecule has 16 heavy (non-hydrogen) atoms. The molecule has 1 aromatic heterocycles. The molecule has 2 nitrogen and oxygen atoms in total. The van der Waals surface area contributed by atoms with E-state index in [1.165, 1.54) is 0 Å². The number of nitrogens with one attached hydrogen (secondary N) is 1. The minimum atomic E-state index is 0.132. The lowest BCUT2D eigenvalue weighted by molar-refractivity contribution is 0.712. The van der Waals surface area contributed by atoms with Crippen LogP contribution in [-0.4, -0.2) is 11.0 Å². The Morgan fingerprint density at radius 1 is 1.44 bits per heavy atom. The van der Waals surface area contributed by atoms with Crippen LogP contribution in [-0.2, 0) is 0 Å². The average molecular weight is 278 g/mol. The van der Waals surface area contributed by atoms with Crippen LogP contribution in [0.5, 0.6) is 0 Å². The summed E-state index contributed by atoms with van der Waals surface area (Å²) in [7, 11) is 0. The molecule has 0 radical (unpaired) electrons. The van der Waals surface area contributed by atoms with Gasteiger partial charge in [-0.05, 0) is 12.5 Å². The molecule has 0 saturated heterocycles. The minimum Gasteiger partial charge on any atom is -0.365 e. The fourth-order valence-corrected chi connectivity index (χ4v) is 1.73. The third-order valence-electron chi connectivity index (χ3n) is 2.08. The Kier molecular flexibility index (Phi) is 5.21. The monoisotopic (exact) mass is 276 g/mol. The Bertz CT molecular complexity index is 412. The maximum absolute atomic E-state index is 5.98. The number of nitrogens with zero attached hydrogens (tertiary/aromatic N) is 1. The molecule has 0 amide bonds. The van der Waals surface area contributed by atoms with Gasteiger partial charge in [0, 0.05) is 12.5 Å². The Morgan fingerprint density at radius 3 is 2.69 bits per heavy atom. The summed E-state index contributed by atoms with van der Waals surface area (Å²) in [4.78, 5) is 4.06. The molecule has 5 heteroatoms. The van der Waals surface area contributed by atoms with E-state index in [9.17, 15) is 0 Å². The molecular weight excluding hydrogens is 266 g/mol. The summed E-state index contributed by atoms with van der Waals surface area (Å²) in [5.74, 6) is 3.10. The molecule has 0 spiro atoms. The zero-order valence-corrected chi connectivity index (χ0v) is 11.0. The van der Waals surface area contributed by atoms with Gasteiger partial charge in [-0.15, -0.1) is 12.3 Å². The van der Waals surface area contributed by atoms with Crippen LogP contribution >= 0.6 is 34.8 Å². The molecule has 0 bridgehead atoms. The lowest BCUT2D eigenvalue weighted by atomic mass is 10.1. The lowest BCUT2D eigenvalue weighted by Crippen LogP contribution is -2.18. The summed E-state index contributed by atoms with van der Waals surface area (Å²) < 4.78 is 0. The van der Waals surface area contributed by atoms with Crippen molar-refractivity contribution in [2.45, 2.75) is 25.8 Å². The van der Waals surface area contributed by atoms with Gasteiger partial charge in [-0.2, -0.15) is 0 Å². The van der Waals surface area contributed by atoms with Crippen LogP contribution in [0.3, 0.4) is 0 Å². The van der Waals surface area contributed by atoms with Crippen molar-refractivity contribution < 1.29 is 0 Å². The summed E-state index contributed by atoms with van der Waals surface area (Å²) in [5, 5.41) is 4.13. The van der Waals surface area contributed by atoms with E-state index < -0.39 is 0 Å². The third kappa shape index (κ3) is 3.45. The number of hydrogen-bond acceptors (Lipinski definition) is 2. The van der Waals surface area contributed by atoms with Gasteiger partial charge in [-0.1, -0.05) is 41.7 Å². The number of terminal acetylenes is 1. The molecule has 1 atom stereocenters. The first-order valence-electron chi connectivity index (χ1n) is 4.80. The highest BCUT2D eigenvalue weighted by atomic mass is 35.5. The molecule has 0 fully saturated rings. The van der Waals surface area contributed by atoms with Crippen LogP contribution in [0.15, 0.2) is 6.07 Å². The second-order valence-corrected chi connectivity index (χ2v) is 4.42. The molecule has 0 saturated carbocycles. The number of aromatic nitrogens is 1. The maximum atomic E-state index is 5.98. The molecular formula is C11H11Cl3N2. The van der Waals surface area contributed by atoms with Crippen molar-refractivity contribution >= 4 is 40.6 Å². The zero-order valence-electron chi connectivity index (χ0n) is 8.73. The molecule has 0 aliphatic heterocycles. The molecule has 1 aromatic rings. The molecule has 0 aliphatic carbocycles. The normalized spacial score (nSPS) is 11.9. The summed E-state index contributed by atoms with van der Waals surface area (Å²) in [6.07, 6.45) is 6.74. The standard InChI is InChI=1S/C11H11Cl3N2/c1-3-5-7(4-2)15-11-9(13)6-8(12)10(14)16-11/h1,6-7H,4-5H2,2H3,(H,15,16). The SMILES string of the molecule is C#CCC(CC)Nc1nc(Cl)c(Cl)cc1Cl. The van der Waals surface area contributed by atoms with Crippen molar-refractivity contribution in [1.82, 2.24) is 4.98 Å². The van der Waals surface area contributed by atoms with Gasteiger partial charge >= 0.3 is 0 Å². The molecule has 0 aromatic carbocycles. The van der Waals surface area contributed by atoms with E-state index in [1.807, 2.05) is 6.92 Å². The third-order valence-corrected chi connectivity index (χ3v) is 3.05. The quantitative estimate of drug-likeness (QED) is 0.657. The summed E-state index contributed by atoms with van der Waals surface area (Å²) in [6, 6.07) is 1.69. The van der Waals surface area contributed by atoms with Crippen molar-refractivity contribution in [1.29, 1.82) is 0 Å². The fraction of sp³-hybridized carbons (Fsp3) is 0.364. The Hall–Kier alpha value is -0.620. The Balaban J connectivity index is 2.88. The van der Waals surface area contributed by atoms with Crippen LogP contribution in [0.25, 0.3) is 0 Å². The van der Waals surface area contributed by atoms with E-state index in [1.54, 1.807) is 6.07 Å². The van der Waals surface area contributed by atoms with Crippen LogP contribution in [0.4, 0.5) is 5.82 Å². The highest BCUT2D eigenvalue weighted by Crippen LogP contribution is 2.29. The minimum absolute atomic E-state index is 0.132. The summed E-state index contributed by atoms with van der Waals surface area (Å²) in [5.41, 5.74) is 0. The van der Waals surface area contributed by atoms with Crippen LogP contribution in [0, 0.1) is 12.3 Å². The van der Waals surface area contributed by atoms with E-state index in [4.69, 9.17) is 41.2 Å². The highest BCUT2D eigenvalue weighted by Gasteiger charge is 2.11. The molecule has 86 valence electrons. The average Bonchev–Trinajstić information content (AvgIpc) is 2.25. The lowest BCUT2D eigenvalue weighted by Gasteiger charge is -2.16. The largest absolute Gasteiger partial charge is 0.365 e. The number of hydrogen-bond donors (Lipinski definition) is 1. The van der Waals surface area contributed by atoms with Crippen LogP contribution in [0.1, 0.15) is 19.8 Å². The first kappa shape index (κ1) is 13.4. The first-order valence-corrected chi connectivity index (χ1v) is 5.93. The van der Waals surface area contributed by atoms with E-state index in [-0.39, 0.29) is 11.2 Å². The fourth-order valence-electron chi connectivity index (χ4n) is 1.18. The second-order valence-electron chi connectivity index (χ2n) is 3.25. The maximum Gasteiger partial charge on any atom is 0.150 e. The van der Waals surface area contributed by atoms with Gasteiger partial charge in [0.15, 0.2) is 0 Å². The van der Waals surface area contributed by atoms with Gasteiger partial charge in [0.1, 0.15) is 11.0 Å². The van der Waals surface area contributed by atoms with E-state index in [0.29, 0.717) is 22.3 Å². The summed E-state index contributed by atoms with van der Waals surface area (Å²) >= 11 is 17.6. The van der Waals surface area contributed by atoms with Crippen molar-refractivity contribution in [3.05, 3.63) is 21.3 Å². The van der Waals surface area contributed by atoms with Crippen LogP contribution in [0.2, 0.25) is 15.2 Å².